The molecule has 1 unspecified atom stereocenters. The number of alkyl halides is 4. The van der Waals surface area contributed by atoms with Gasteiger partial charge in [-0.1, -0.05) is 64.6 Å². The first kappa shape index (κ1) is 12.3. The molecular formula is C10H7Cl4NO. The number of anilines is 1. The second kappa shape index (κ2) is 3.67. The van der Waals surface area contributed by atoms with Crippen LogP contribution in [0.25, 0.3) is 0 Å². The molecule has 1 heterocycles. The molecule has 1 aromatic rings. The van der Waals surface area contributed by atoms with E-state index in [1.165, 1.54) is 4.90 Å². The minimum absolute atomic E-state index is 0.435. The van der Waals surface area contributed by atoms with E-state index in [2.05, 4.69) is 0 Å². The monoisotopic (exact) mass is 297 g/mol. The van der Waals surface area contributed by atoms with Gasteiger partial charge in [0.1, 0.15) is 0 Å². The van der Waals surface area contributed by atoms with Gasteiger partial charge in [0.2, 0.25) is 3.79 Å². The molecule has 0 aliphatic carbocycles. The zero-order valence-corrected chi connectivity index (χ0v) is 11.2. The van der Waals surface area contributed by atoms with Gasteiger partial charge in [0.15, 0.2) is 4.87 Å². The fourth-order valence-electron chi connectivity index (χ4n) is 1.79. The maximum atomic E-state index is 12.1. The highest BCUT2D eigenvalue weighted by atomic mass is 35.6. The standard InChI is InChI=1S/C10H7Cl4NO/c1-15-7-5-3-2-4-6(7)9(11,8(15)16)10(12,13)14/h2-5H,1H3. The van der Waals surface area contributed by atoms with E-state index in [0.717, 1.165) is 0 Å². The van der Waals surface area contributed by atoms with Gasteiger partial charge in [0.05, 0.1) is 0 Å². The number of carbonyl (C=O) groups excluding carboxylic acids is 1. The van der Waals surface area contributed by atoms with Crippen molar-refractivity contribution in [3.63, 3.8) is 0 Å². The Morgan fingerprint density at radius 1 is 1.25 bits per heavy atom. The SMILES string of the molecule is CN1C(=O)C(Cl)(C(Cl)(Cl)Cl)c2ccccc21. The first-order chi connectivity index (χ1) is 7.30. The van der Waals surface area contributed by atoms with Crippen LogP contribution < -0.4 is 4.90 Å². The Kier molecular flexibility index (Phi) is 2.83. The predicted octanol–water partition coefficient (Wildman–Crippen LogP) is 3.47. The Bertz CT molecular complexity index is 456. The molecule has 1 amide bonds. The normalized spacial score (nSPS) is 24.8. The molecule has 1 aliphatic heterocycles. The maximum Gasteiger partial charge on any atom is 0.257 e. The highest BCUT2D eigenvalue weighted by Crippen LogP contribution is 2.56. The number of benzene rings is 1. The summed E-state index contributed by atoms with van der Waals surface area (Å²) in [4.78, 5) is 11.8. The average molecular weight is 299 g/mol. The lowest BCUT2D eigenvalue weighted by atomic mass is 10.0. The van der Waals surface area contributed by atoms with Crippen molar-refractivity contribution in [1.29, 1.82) is 0 Å². The number of amides is 1. The third-order valence-corrected chi connectivity index (χ3v) is 4.42. The lowest BCUT2D eigenvalue weighted by Crippen LogP contribution is -2.43. The van der Waals surface area contributed by atoms with Gasteiger partial charge < -0.3 is 4.90 Å². The molecule has 0 bridgehead atoms. The van der Waals surface area contributed by atoms with Gasteiger partial charge in [-0.3, -0.25) is 4.79 Å². The predicted molar refractivity (Wildman–Crippen MR) is 67.7 cm³/mol. The summed E-state index contributed by atoms with van der Waals surface area (Å²) in [6.07, 6.45) is 0. The third-order valence-electron chi connectivity index (χ3n) is 2.63. The smallest absolute Gasteiger partial charge is 0.257 e. The first-order valence-corrected chi connectivity index (χ1v) is 5.94. The second-order valence-corrected chi connectivity index (χ2v) is 6.39. The molecule has 0 spiro atoms. The largest absolute Gasteiger partial charge is 0.313 e. The molecule has 0 radical (unpaired) electrons. The van der Waals surface area contributed by atoms with E-state index < -0.39 is 14.6 Å². The minimum Gasteiger partial charge on any atom is -0.313 e. The number of likely N-dealkylation sites (N-methyl/N-ethyl adjacent to an activating group) is 1. The summed E-state index contributed by atoms with van der Waals surface area (Å²) in [5.74, 6) is -0.435. The van der Waals surface area contributed by atoms with E-state index in [9.17, 15) is 4.79 Å². The molecule has 6 heteroatoms. The Hall–Kier alpha value is -0.150. The van der Waals surface area contributed by atoms with E-state index in [1.54, 1.807) is 31.3 Å². The van der Waals surface area contributed by atoms with E-state index in [0.29, 0.717) is 11.3 Å². The molecular weight excluding hydrogens is 292 g/mol. The van der Waals surface area contributed by atoms with Crippen molar-refractivity contribution in [3.05, 3.63) is 29.8 Å². The molecule has 0 N–H and O–H groups in total. The lowest BCUT2D eigenvalue weighted by Gasteiger charge is -2.28. The zero-order chi connectivity index (χ0) is 12.1. The van der Waals surface area contributed by atoms with E-state index in [-0.39, 0.29) is 0 Å². The van der Waals surface area contributed by atoms with Gasteiger partial charge in [-0.15, -0.1) is 0 Å². The lowest BCUT2D eigenvalue weighted by molar-refractivity contribution is -0.120. The van der Waals surface area contributed by atoms with Gasteiger partial charge >= 0.3 is 0 Å². The Labute approximate surface area is 113 Å². The van der Waals surface area contributed by atoms with Crippen molar-refractivity contribution in [2.24, 2.45) is 0 Å². The molecule has 1 aromatic carbocycles. The van der Waals surface area contributed by atoms with Crippen molar-refractivity contribution in [1.82, 2.24) is 0 Å². The molecule has 0 fully saturated rings. The topological polar surface area (TPSA) is 20.3 Å². The van der Waals surface area contributed by atoms with Gasteiger partial charge in [-0.05, 0) is 6.07 Å². The Morgan fingerprint density at radius 2 is 1.81 bits per heavy atom. The van der Waals surface area contributed by atoms with Gasteiger partial charge in [0, 0.05) is 18.3 Å². The highest BCUT2D eigenvalue weighted by Gasteiger charge is 2.60. The Morgan fingerprint density at radius 3 is 2.38 bits per heavy atom. The van der Waals surface area contributed by atoms with Crippen LogP contribution in [-0.2, 0) is 9.67 Å². The van der Waals surface area contributed by atoms with Gasteiger partial charge in [-0.25, -0.2) is 0 Å². The summed E-state index contributed by atoms with van der Waals surface area (Å²) in [5, 5.41) is 0. The summed E-state index contributed by atoms with van der Waals surface area (Å²) in [7, 11) is 1.60. The molecule has 0 saturated carbocycles. The molecule has 16 heavy (non-hydrogen) atoms. The summed E-state index contributed by atoms with van der Waals surface area (Å²) in [6.45, 7) is 0. The minimum atomic E-state index is -1.90. The average Bonchev–Trinajstić information content (AvgIpc) is 2.42. The number of halogens is 4. The molecule has 1 atom stereocenters. The molecule has 2 rings (SSSR count). The van der Waals surface area contributed by atoms with Crippen LogP contribution >= 0.6 is 46.4 Å². The fraction of sp³-hybridized carbons (Fsp3) is 0.300. The number of carbonyl (C=O) groups is 1. The summed E-state index contributed by atoms with van der Waals surface area (Å²) >= 11 is 23.7. The summed E-state index contributed by atoms with van der Waals surface area (Å²) < 4.78 is -1.90. The van der Waals surface area contributed by atoms with Crippen LogP contribution in [-0.4, -0.2) is 16.7 Å². The molecule has 0 aromatic heterocycles. The Balaban J connectivity index is 2.71. The van der Waals surface area contributed by atoms with E-state index in [4.69, 9.17) is 46.4 Å². The number of rotatable bonds is 0. The van der Waals surface area contributed by atoms with Gasteiger partial charge in [-0.2, -0.15) is 0 Å². The fourth-order valence-corrected chi connectivity index (χ4v) is 2.62. The van der Waals surface area contributed by atoms with E-state index in [1.807, 2.05) is 0 Å². The van der Waals surface area contributed by atoms with Crippen molar-refractivity contribution in [2.75, 3.05) is 11.9 Å². The third kappa shape index (κ3) is 1.44. The van der Waals surface area contributed by atoms with Crippen molar-refractivity contribution in [2.45, 2.75) is 8.67 Å². The zero-order valence-electron chi connectivity index (χ0n) is 8.18. The quantitative estimate of drug-likeness (QED) is 0.672. The molecule has 0 saturated heterocycles. The molecule has 2 nitrogen and oxygen atoms in total. The van der Waals surface area contributed by atoms with E-state index >= 15 is 0 Å². The van der Waals surface area contributed by atoms with Crippen LogP contribution in [0.5, 0.6) is 0 Å². The molecule has 86 valence electrons. The number of hydrogen-bond acceptors (Lipinski definition) is 1. The van der Waals surface area contributed by atoms with Crippen LogP contribution in [0.3, 0.4) is 0 Å². The van der Waals surface area contributed by atoms with Gasteiger partial charge in [0.25, 0.3) is 5.91 Å². The number of hydrogen-bond donors (Lipinski definition) is 0. The van der Waals surface area contributed by atoms with Crippen LogP contribution in [0.15, 0.2) is 24.3 Å². The van der Waals surface area contributed by atoms with Crippen LogP contribution in [0.2, 0.25) is 0 Å². The first-order valence-electron chi connectivity index (χ1n) is 4.43. The summed E-state index contributed by atoms with van der Waals surface area (Å²) in [6, 6.07) is 6.99. The maximum absolute atomic E-state index is 12.1. The highest BCUT2D eigenvalue weighted by molar-refractivity contribution is 6.73. The summed E-state index contributed by atoms with van der Waals surface area (Å²) in [5.41, 5.74) is 1.18. The van der Waals surface area contributed by atoms with Crippen molar-refractivity contribution >= 4 is 58.0 Å². The molecule has 1 aliphatic rings. The van der Waals surface area contributed by atoms with Crippen LogP contribution in [0.1, 0.15) is 5.56 Å². The van der Waals surface area contributed by atoms with Crippen molar-refractivity contribution < 1.29 is 4.79 Å². The van der Waals surface area contributed by atoms with Crippen LogP contribution in [0, 0.1) is 0 Å². The van der Waals surface area contributed by atoms with Crippen LogP contribution in [0.4, 0.5) is 5.69 Å². The number of para-hydroxylation sites is 1. The van der Waals surface area contributed by atoms with Crippen molar-refractivity contribution in [3.8, 4) is 0 Å². The number of fused-ring (bicyclic) bond motifs is 1. The second-order valence-electron chi connectivity index (χ2n) is 3.54. The number of nitrogens with zero attached hydrogens (tertiary/aromatic N) is 1.